The van der Waals surface area contributed by atoms with E-state index in [2.05, 4.69) is 17.2 Å². The van der Waals surface area contributed by atoms with Crippen LogP contribution in [0.15, 0.2) is 0 Å². The number of hydrogen-bond acceptors (Lipinski definition) is 2. The minimum Gasteiger partial charge on any atom is -0.378 e. The Morgan fingerprint density at radius 3 is 3.00 bits per heavy atom. The Labute approximate surface area is 87.4 Å². The Kier molecular flexibility index (Phi) is 6.47. The quantitative estimate of drug-likeness (QED) is 0.535. The highest BCUT2D eigenvalue weighted by molar-refractivity contribution is 4.95. The third-order valence-electron chi connectivity index (χ3n) is 2.52. The summed E-state index contributed by atoms with van der Waals surface area (Å²) in [7, 11) is 0. The van der Waals surface area contributed by atoms with E-state index in [0.29, 0.717) is 6.10 Å². The maximum atomic E-state index is 5.64. The molecule has 1 aliphatic heterocycles. The summed E-state index contributed by atoms with van der Waals surface area (Å²) < 4.78 is 5.64. The van der Waals surface area contributed by atoms with Crippen molar-refractivity contribution in [1.82, 2.24) is 5.32 Å². The van der Waals surface area contributed by atoms with Crippen molar-refractivity contribution in [2.45, 2.75) is 45.1 Å². The molecule has 0 aromatic heterocycles. The summed E-state index contributed by atoms with van der Waals surface area (Å²) in [4.78, 5) is 0. The van der Waals surface area contributed by atoms with Crippen LogP contribution in [0.5, 0.6) is 0 Å². The van der Waals surface area contributed by atoms with Crippen LogP contribution in [0.3, 0.4) is 0 Å². The van der Waals surface area contributed by atoms with E-state index in [9.17, 15) is 0 Å². The lowest BCUT2D eigenvalue weighted by molar-refractivity contribution is 0.0116. The number of rotatable bonds is 5. The summed E-state index contributed by atoms with van der Waals surface area (Å²) >= 11 is 0. The average molecular weight is 195 g/mol. The highest BCUT2D eigenvalue weighted by atomic mass is 16.5. The Balaban J connectivity index is 1.89. The van der Waals surface area contributed by atoms with Crippen LogP contribution in [0.2, 0.25) is 0 Å². The van der Waals surface area contributed by atoms with Gasteiger partial charge in [0.05, 0.1) is 6.10 Å². The van der Waals surface area contributed by atoms with Crippen molar-refractivity contribution >= 4 is 0 Å². The summed E-state index contributed by atoms with van der Waals surface area (Å²) in [6.07, 6.45) is 6.45. The van der Waals surface area contributed by atoms with E-state index in [1.807, 2.05) is 6.92 Å². The first kappa shape index (κ1) is 11.6. The van der Waals surface area contributed by atoms with Crippen molar-refractivity contribution in [3.8, 4) is 11.8 Å². The summed E-state index contributed by atoms with van der Waals surface area (Å²) in [5.74, 6) is 5.94. The fourth-order valence-electron chi connectivity index (χ4n) is 1.70. The van der Waals surface area contributed by atoms with E-state index >= 15 is 0 Å². The van der Waals surface area contributed by atoms with E-state index in [1.54, 1.807) is 0 Å². The lowest BCUT2D eigenvalue weighted by Gasteiger charge is -2.22. The van der Waals surface area contributed by atoms with Crippen LogP contribution in [-0.4, -0.2) is 25.8 Å². The van der Waals surface area contributed by atoms with Crippen molar-refractivity contribution in [2.24, 2.45) is 0 Å². The molecule has 0 radical (unpaired) electrons. The predicted molar refractivity (Wildman–Crippen MR) is 59.1 cm³/mol. The van der Waals surface area contributed by atoms with Gasteiger partial charge in [-0.05, 0) is 39.2 Å². The summed E-state index contributed by atoms with van der Waals surface area (Å²) in [5.41, 5.74) is 0. The Morgan fingerprint density at radius 1 is 1.36 bits per heavy atom. The molecule has 1 N–H and O–H groups in total. The molecule has 0 saturated carbocycles. The normalized spacial score (nSPS) is 21.4. The lowest BCUT2D eigenvalue weighted by Crippen LogP contribution is -2.25. The van der Waals surface area contributed by atoms with Crippen LogP contribution < -0.4 is 5.32 Å². The van der Waals surface area contributed by atoms with Crippen molar-refractivity contribution < 1.29 is 4.74 Å². The zero-order valence-corrected chi connectivity index (χ0v) is 9.14. The van der Waals surface area contributed by atoms with Gasteiger partial charge in [-0.25, -0.2) is 0 Å². The third kappa shape index (κ3) is 5.26. The van der Waals surface area contributed by atoms with Crippen molar-refractivity contribution in [1.29, 1.82) is 0 Å². The van der Waals surface area contributed by atoms with E-state index in [1.165, 1.54) is 19.3 Å². The molecule has 2 nitrogen and oxygen atoms in total. The maximum absolute atomic E-state index is 5.64. The molecule has 0 spiro atoms. The van der Waals surface area contributed by atoms with Crippen LogP contribution in [0.1, 0.15) is 39.0 Å². The van der Waals surface area contributed by atoms with Gasteiger partial charge in [-0.2, -0.15) is 0 Å². The SMILES string of the molecule is CC#CCCNCCC1CCCCO1. The van der Waals surface area contributed by atoms with Gasteiger partial charge in [-0.15, -0.1) is 11.8 Å². The van der Waals surface area contributed by atoms with Gasteiger partial charge in [-0.1, -0.05) is 0 Å². The van der Waals surface area contributed by atoms with Crippen LogP contribution in [-0.2, 0) is 4.74 Å². The van der Waals surface area contributed by atoms with Crippen molar-refractivity contribution in [3.63, 3.8) is 0 Å². The van der Waals surface area contributed by atoms with E-state index in [-0.39, 0.29) is 0 Å². The first-order valence-corrected chi connectivity index (χ1v) is 5.65. The van der Waals surface area contributed by atoms with Gasteiger partial charge in [0.25, 0.3) is 0 Å². The average Bonchev–Trinajstić information content (AvgIpc) is 2.25. The predicted octanol–water partition coefficient (Wildman–Crippen LogP) is 1.95. The van der Waals surface area contributed by atoms with E-state index in [4.69, 9.17) is 4.74 Å². The Hall–Kier alpha value is -0.520. The smallest absolute Gasteiger partial charge is 0.0587 e. The first-order valence-electron chi connectivity index (χ1n) is 5.65. The molecular weight excluding hydrogens is 174 g/mol. The molecule has 1 atom stereocenters. The molecule has 0 aromatic rings. The van der Waals surface area contributed by atoms with Crippen molar-refractivity contribution in [2.75, 3.05) is 19.7 Å². The molecule has 80 valence electrons. The number of ether oxygens (including phenoxy) is 1. The van der Waals surface area contributed by atoms with Crippen LogP contribution >= 0.6 is 0 Å². The second kappa shape index (κ2) is 7.84. The molecule has 0 aliphatic carbocycles. The Morgan fingerprint density at radius 2 is 2.29 bits per heavy atom. The van der Waals surface area contributed by atoms with E-state index < -0.39 is 0 Å². The largest absolute Gasteiger partial charge is 0.378 e. The minimum atomic E-state index is 0.508. The molecule has 2 heteroatoms. The van der Waals surface area contributed by atoms with Crippen LogP contribution in [0, 0.1) is 11.8 Å². The van der Waals surface area contributed by atoms with Gasteiger partial charge in [0.1, 0.15) is 0 Å². The van der Waals surface area contributed by atoms with Gasteiger partial charge in [0, 0.05) is 19.6 Å². The highest BCUT2D eigenvalue weighted by Gasteiger charge is 2.12. The van der Waals surface area contributed by atoms with Gasteiger partial charge < -0.3 is 10.1 Å². The molecule has 1 fully saturated rings. The second-order valence-corrected chi connectivity index (χ2v) is 3.70. The fraction of sp³-hybridized carbons (Fsp3) is 0.833. The second-order valence-electron chi connectivity index (χ2n) is 3.70. The fourth-order valence-corrected chi connectivity index (χ4v) is 1.70. The van der Waals surface area contributed by atoms with Gasteiger partial charge >= 0.3 is 0 Å². The molecule has 0 aromatic carbocycles. The van der Waals surface area contributed by atoms with Gasteiger partial charge in [-0.3, -0.25) is 0 Å². The minimum absolute atomic E-state index is 0.508. The van der Waals surface area contributed by atoms with Gasteiger partial charge in [0.15, 0.2) is 0 Å². The molecule has 1 saturated heterocycles. The number of nitrogens with one attached hydrogen (secondary N) is 1. The summed E-state index contributed by atoms with van der Waals surface area (Å²) in [6.45, 7) is 4.92. The zero-order valence-electron chi connectivity index (χ0n) is 9.14. The summed E-state index contributed by atoms with van der Waals surface area (Å²) in [5, 5.41) is 3.38. The van der Waals surface area contributed by atoms with Gasteiger partial charge in [0.2, 0.25) is 0 Å². The molecule has 1 rings (SSSR count). The first-order chi connectivity index (χ1) is 6.93. The topological polar surface area (TPSA) is 21.3 Å². The zero-order chi connectivity index (χ0) is 10.1. The molecule has 1 aliphatic rings. The third-order valence-corrected chi connectivity index (χ3v) is 2.52. The highest BCUT2D eigenvalue weighted by Crippen LogP contribution is 2.14. The Bertz CT molecular complexity index is 186. The molecule has 1 heterocycles. The summed E-state index contributed by atoms with van der Waals surface area (Å²) in [6, 6.07) is 0. The van der Waals surface area contributed by atoms with Crippen LogP contribution in [0.4, 0.5) is 0 Å². The van der Waals surface area contributed by atoms with Crippen LogP contribution in [0.25, 0.3) is 0 Å². The van der Waals surface area contributed by atoms with Crippen molar-refractivity contribution in [3.05, 3.63) is 0 Å². The monoisotopic (exact) mass is 195 g/mol. The van der Waals surface area contributed by atoms with E-state index in [0.717, 1.165) is 32.5 Å². The molecule has 0 amide bonds. The number of hydrogen-bond donors (Lipinski definition) is 1. The molecular formula is C12H21NO. The molecule has 1 unspecified atom stereocenters. The maximum Gasteiger partial charge on any atom is 0.0587 e. The molecule has 0 bridgehead atoms. The lowest BCUT2D eigenvalue weighted by atomic mass is 10.1. The molecule has 14 heavy (non-hydrogen) atoms. The standard InChI is InChI=1S/C12H21NO/c1-2-3-5-9-13-10-8-12-7-4-6-11-14-12/h12-13H,4-11H2,1H3.